The summed E-state index contributed by atoms with van der Waals surface area (Å²) in [6.07, 6.45) is 5.41. The first-order valence-corrected chi connectivity index (χ1v) is 12.3. The van der Waals surface area contributed by atoms with Crippen molar-refractivity contribution in [1.29, 1.82) is 0 Å². The van der Waals surface area contributed by atoms with Crippen molar-refractivity contribution in [2.24, 2.45) is 5.92 Å². The van der Waals surface area contributed by atoms with Gasteiger partial charge in [-0.3, -0.25) is 14.4 Å². The fourth-order valence-corrected chi connectivity index (χ4v) is 4.49. The zero-order valence-electron chi connectivity index (χ0n) is 19.9. The number of hydrogen-bond donors (Lipinski definition) is 2. The summed E-state index contributed by atoms with van der Waals surface area (Å²) in [4.78, 5) is 41.4. The molecule has 0 bridgehead atoms. The van der Waals surface area contributed by atoms with Crippen molar-refractivity contribution in [2.45, 2.75) is 39.0 Å². The van der Waals surface area contributed by atoms with Crippen LogP contribution in [0, 0.1) is 5.92 Å². The van der Waals surface area contributed by atoms with Gasteiger partial charge in [-0.15, -0.1) is 0 Å². The first-order valence-electron chi connectivity index (χ1n) is 12.3. The predicted molar refractivity (Wildman–Crippen MR) is 134 cm³/mol. The van der Waals surface area contributed by atoms with E-state index in [0.29, 0.717) is 22.7 Å². The Balaban J connectivity index is 1.23. The number of nitrogens with one attached hydrogen (secondary N) is 2. The third-order valence-corrected chi connectivity index (χ3v) is 6.71. The maximum atomic E-state index is 12.7. The number of rotatable bonds is 6. The molecule has 7 heteroatoms. The number of amides is 3. The summed E-state index contributed by atoms with van der Waals surface area (Å²) < 4.78 is 0. The topological polar surface area (TPSA) is 81.8 Å². The molecule has 0 atom stereocenters. The van der Waals surface area contributed by atoms with E-state index in [-0.39, 0.29) is 24.3 Å². The molecule has 0 radical (unpaired) electrons. The Morgan fingerprint density at radius 3 is 1.79 bits per heavy atom. The van der Waals surface area contributed by atoms with E-state index in [2.05, 4.69) is 17.6 Å². The lowest BCUT2D eigenvalue weighted by atomic mass is 9.98. The van der Waals surface area contributed by atoms with Crippen LogP contribution in [-0.2, 0) is 4.79 Å². The highest BCUT2D eigenvalue weighted by Gasteiger charge is 2.21. The monoisotopic (exact) mass is 462 g/mol. The number of piperidine rings is 2. The molecule has 7 nitrogen and oxygen atoms in total. The molecule has 0 aliphatic carbocycles. The quantitative estimate of drug-likeness (QED) is 0.673. The molecule has 2 fully saturated rings. The van der Waals surface area contributed by atoms with Gasteiger partial charge in [0.1, 0.15) is 0 Å². The van der Waals surface area contributed by atoms with Crippen molar-refractivity contribution < 1.29 is 14.4 Å². The average molecular weight is 463 g/mol. The van der Waals surface area contributed by atoms with Gasteiger partial charge < -0.3 is 20.4 Å². The maximum Gasteiger partial charge on any atom is 0.253 e. The van der Waals surface area contributed by atoms with Crippen LogP contribution in [0.15, 0.2) is 48.5 Å². The van der Waals surface area contributed by atoms with Crippen LogP contribution in [0.3, 0.4) is 0 Å². The number of benzene rings is 2. The lowest BCUT2D eigenvalue weighted by Gasteiger charge is -2.30. The van der Waals surface area contributed by atoms with Gasteiger partial charge in [-0.05, 0) is 86.6 Å². The standard InChI is InChI=1S/C27H34N4O3/c1-20-13-17-31(18-14-20)27(34)22-7-11-24(12-8-22)29-25(32)19-28-23-9-5-21(6-10-23)26(33)30-15-3-2-4-16-30/h5-12,20,28H,2-4,13-19H2,1H3,(H,29,32). The van der Waals surface area contributed by atoms with Crippen LogP contribution in [0.4, 0.5) is 11.4 Å². The van der Waals surface area contributed by atoms with E-state index in [1.807, 2.05) is 21.9 Å². The van der Waals surface area contributed by atoms with Crippen LogP contribution in [0.2, 0.25) is 0 Å². The molecular formula is C27H34N4O3. The third-order valence-electron chi connectivity index (χ3n) is 6.71. The molecule has 2 aliphatic rings. The summed E-state index contributed by atoms with van der Waals surface area (Å²) >= 11 is 0. The highest BCUT2D eigenvalue weighted by molar-refractivity contribution is 5.97. The largest absolute Gasteiger partial charge is 0.376 e. The molecule has 0 aromatic heterocycles. The number of nitrogens with zero attached hydrogens (tertiary/aromatic N) is 2. The van der Waals surface area contributed by atoms with Gasteiger partial charge in [-0.2, -0.15) is 0 Å². The highest BCUT2D eigenvalue weighted by Crippen LogP contribution is 2.19. The Bertz CT molecular complexity index is 990. The summed E-state index contributed by atoms with van der Waals surface area (Å²) in [5, 5.41) is 5.94. The smallest absolute Gasteiger partial charge is 0.253 e. The van der Waals surface area contributed by atoms with E-state index < -0.39 is 0 Å². The molecular weight excluding hydrogens is 428 g/mol. The van der Waals surface area contributed by atoms with Crippen molar-refractivity contribution in [3.8, 4) is 0 Å². The molecule has 0 spiro atoms. The van der Waals surface area contributed by atoms with Crippen LogP contribution in [-0.4, -0.2) is 60.2 Å². The van der Waals surface area contributed by atoms with Gasteiger partial charge in [-0.25, -0.2) is 0 Å². The summed E-state index contributed by atoms with van der Waals surface area (Å²) in [5.74, 6) is 0.613. The first-order chi connectivity index (χ1) is 16.5. The van der Waals surface area contributed by atoms with Gasteiger partial charge in [0.15, 0.2) is 0 Å². The molecule has 2 aliphatic heterocycles. The molecule has 2 saturated heterocycles. The van der Waals surface area contributed by atoms with Gasteiger partial charge in [-0.1, -0.05) is 6.92 Å². The Hall–Kier alpha value is -3.35. The second kappa shape index (κ2) is 11.2. The molecule has 3 amide bonds. The normalized spacial score (nSPS) is 16.7. The number of likely N-dealkylation sites (tertiary alicyclic amines) is 2. The second-order valence-electron chi connectivity index (χ2n) is 9.38. The van der Waals surface area contributed by atoms with Gasteiger partial charge in [0.25, 0.3) is 11.8 Å². The Labute approximate surface area is 201 Å². The molecule has 2 N–H and O–H groups in total. The summed E-state index contributed by atoms with van der Waals surface area (Å²) in [7, 11) is 0. The van der Waals surface area contributed by atoms with Crippen molar-refractivity contribution in [3.05, 3.63) is 59.7 Å². The number of hydrogen-bond acceptors (Lipinski definition) is 4. The Morgan fingerprint density at radius 1 is 0.735 bits per heavy atom. The SMILES string of the molecule is CC1CCN(C(=O)c2ccc(NC(=O)CNc3ccc(C(=O)N4CCCCC4)cc3)cc2)CC1. The molecule has 2 heterocycles. The summed E-state index contributed by atoms with van der Waals surface area (Å²) in [6, 6.07) is 14.3. The fraction of sp³-hybridized carbons (Fsp3) is 0.444. The lowest BCUT2D eigenvalue weighted by molar-refractivity contribution is -0.114. The van der Waals surface area contributed by atoms with Crippen molar-refractivity contribution >= 4 is 29.1 Å². The molecule has 180 valence electrons. The van der Waals surface area contributed by atoms with E-state index in [9.17, 15) is 14.4 Å². The van der Waals surface area contributed by atoms with E-state index in [1.165, 1.54) is 6.42 Å². The van der Waals surface area contributed by atoms with Crippen molar-refractivity contribution in [1.82, 2.24) is 9.80 Å². The minimum absolute atomic E-state index is 0.0497. The van der Waals surface area contributed by atoms with E-state index in [0.717, 1.165) is 57.5 Å². The van der Waals surface area contributed by atoms with Crippen molar-refractivity contribution in [2.75, 3.05) is 43.4 Å². The summed E-state index contributed by atoms with van der Waals surface area (Å²) in [6.45, 7) is 5.58. The highest BCUT2D eigenvalue weighted by atomic mass is 16.2. The number of carbonyl (C=O) groups excluding carboxylic acids is 3. The van der Waals surface area contributed by atoms with E-state index in [1.54, 1.807) is 36.4 Å². The maximum absolute atomic E-state index is 12.7. The van der Waals surface area contributed by atoms with Crippen LogP contribution >= 0.6 is 0 Å². The third kappa shape index (κ3) is 6.16. The minimum atomic E-state index is -0.183. The molecule has 0 unspecified atom stereocenters. The molecule has 4 rings (SSSR count). The average Bonchev–Trinajstić information content (AvgIpc) is 2.88. The van der Waals surface area contributed by atoms with Crippen LogP contribution in [0.5, 0.6) is 0 Å². The van der Waals surface area contributed by atoms with Crippen LogP contribution < -0.4 is 10.6 Å². The Morgan fingerprint density at radius 2 is 1.24 bits per heavy atom. The zero-order valence-corrected chi connectivity index (χ0v) is 19.9. The second-order valence-corrected chi connectivity index (χ2v) is 9.38. The zero-order chi connectivity index (χ0) is 23.9. The summed E-state index contributed by atoms with van der Waals surface area (Å²) in [5.41, 5.74) is 2.75. The van der Waals surface area contributed by atoms with Crippen LogP contribution in [0.25, 0.3) is 0 Å². The van der Waals surface area contributed by atoms with Crippen LogP contribution in [0.1, 0.15) is 59.7 Å². The molecule has 0 saturated carbocycles. The van der Waals surface area contributed by atoms with Gasteiger partial charge in [0.05, 0.1) is 6.54 Å². The number of anilines is 2. The van der Waals surface area contributed by atoms with Crippen molar-refractivity contribution in [3.63, 3.8) is 0 Å². The lowest BCUT2D eigenvalue weighted by Crippen LogP contribution is -2.37. The van der Waals surface area contributed by atoms with Gasteiger partial charge in [0.2, 0.25) is 5.91 Å². The molecule has 34 heavy (non-hydrogen) atoms. The fourth-order valence-electron chi connectivity index (χ4n) is 4.49. The van der Waals surface area contributed by atoms with E-state index >= 15 is 0 Å². The van der Waals surface area contributed by atoms with Gasteiger partial charge in [0, 0.05) is 48.7 Å². The Kier molecular flexibility index (Phi) is 7.83. The minimum Gasteiger partial charge on any atom is -0.376 e. The van der Waals surface area contributed by atoms with Gasteiger partial charge >= 0.3 is 0 Å². The predicted octanol–water partition coefficient (Wildman–Crippen LogP) is 4.24. The number of carbonyl (C=O) groups is 3. The molecule has 2 aromatic rings. The van der Waals surface area contributed by atoms with E-state index in [4.69, 9.17) is 0 Å². The first kappa shape index (κ1) is 23.8. The molecule has 2 aromatic carbocycles.